The summed E-state index contributed by atoms with van der Waals surface area (Å²) in [4.78, 5) is 0. The Morgan fingerprint density at radius 3 is 2.89 bits per heavy atom. The highest BCUT2D eigenvalue weighted by atomic mass is 16.3. The smallest absolute Gasteiger partial charge is 0.0937 e. The van der Waals surface area contributed by atoms with Crippen molar-refractivity contribution in [3.05, 3.63) is 54.3 Å². The van der Waals surface area contributed by atoms with E-state index in [1.54, 1.807) is 6.08 Å². The standard InChI is InChI=1S/C17H18O/c1-2-13-17(18)14-7-12-16(17)11-6-10-15-8-4-3-5-9-15/h3-5,8-9,13,16,18H,1,7,11-12,14H2/t16-,17+/m0/s1. The molecule has 1 nitrogen and oxygen atoms in total. The third-order valence-corrected chi connectivity index (χ3v) is 3.54. The molecule has 2 rings (SSSR count). The molecular weight excluding hydrogens is 220 g/mol. The summed E-state index contributed by atoms with van der Waals surface area (Å²) >= 11 is 0. The van der Waals surface area contributed by atoms with Crippen LogP contribution >= 0.6 is 0 Å². The van der Waals surface area contributed by atoms with E-state index in [0.29, 0.717) is 0 Å². The Kier molecular flexibility index (Phi) is 4.05. The van der Waals surface area contributed by atoms with Crippen LogP contribution in [0.25, 0.3) is 0 Å². The van der Waals surface area contributed by atoms with Gasteiger partial charge in [-0.1, -0.05) is 36.6 Å². The van der Waals surface area contributed by atoms with Crippen molar-refractivity contribution in [2.45, 2.75) is 31.3 Å². The van der Waals surface area contributed by atoms with Gasteiger partial charge in [-0.3, -0.25) is 0 Å². The molecule has 1 aliphatic rings. The van der Waals surface area contributed by atoms with Crippen molar-refractivity contribution in [3.63, 3.8) is 0 Å². The van der Waals surface area contributed by atoms with Crippen LogP contribution < -0.4 is 0 Å². The molecule has 1 aromatic rings. The molecule has 1 heteroatoms. The molecular formula is C17H18O. The number of benzene rings is 1. The molecule has 0 saturated heterocycles. The van der Waals surface area contributed by atoms with Gasteiger partial charge in [-0.15, -0.1) is 5.73 Å². The lowest BCUT2D eigenvalue weighted by Gasteiger charge is -2.24. The maximum atomic E-state index is 10.4. The zero-order valence-electron chi connectivity index (χ0n) is 10.5. The van der Waals surface area contributed by atoms with Gasteiger partial charge in [0.15, 0.2) is 0 Å². The van der Waals surface area contributed by atoms with Gasteiger partial charge in [0.25, 0.3) is 0 Å². The summed E-state index contributed by atoms with van der Waals surface area (Å²) in [6.07, 6.45) is 5.30. The summed E-state index contributed by atoms with van der Waals surface area (Å²) in [7, 11) is 0. The topological polar surface area (TPSA) is 20.2 Å². The summed E-state index contributed by atoms with van der Waals surface area (Å²) in [6, 6.07) is 9.94. The predicted molar refractivity (Wildman–Crippen MR) is 73.9 cm³/mol. The first-order chi connectivity index (χ1) is 8.74. The predicted octanol–water partition coefficient (Wildman–Crippen LogP) is 3.30. The number of hydrogen-bond acceptors (Lipinski definition) is 1. The molecule has 0 aliphatic heterocycles. The summed E-state index contributed by atoms with van der Waals surface area (Å²) in [5.41, 5.74) is 3.00. The first-order valence-corrected chi connectivity index (χ1v) is 6.38. The van der Waals surface area contributed by atoms with Crippen molar-refractivity contribution in [2.24, 2.45) is 5.92 Å². The lowest BCUT2D eigenvalue weighted by molar-refractivity contribution is 0.0532. The molecule has 1 saturated carbocycles. The van der Waals surface area contributed by atoms with Crippen LogP contribution in [0.1, 0.15) is 31.2 Å². The van der Waals surface area contributed by atoms with Crippen LogP contribution in [0, 0.1) is 17.8 Å². The average molecular weight is 238 g/mol. The molecule has 1 aliphatic carbocycles. The minimum atomic E-state index is -0.743. The number of aliphatic hydroxyl groups is 1. The summed E-state index contributed by atoms with van der Waals surface area (Å²) in [6.45, 7) is 3.56. The van der Waals surface area contributed by atoms with E-state index in [4.69, 9.17) is 0 Å². The van der Waals surface area contributed by atoms with E-state index >= 15 is 0 Å². The molecule has 0 bridgehead atoms. The van der Waals surface area contributed by atoms with Gasteiger partial charge < -0.3 is 5.11 Å². The summed E-state index contributed by atoms with van der Waals surface area (Å²) in [5.74, 6) is 6.53. The second kappa shape index (κ2) is 5.74. The minimum Gasteiger partial charge on any atom is -0.385 e. The van der Waals surface area contributed by atoms with Crippen LogP contribution in [0.4, 0.5) is 0 Å². The summed E-state index contributed by atoms with van der Waals surface area (Å²) in [5, 5.41) is 10.4. The lowest BCUT2D eigenvalue weighted by atomic mass is 9.88. The second-order valence-corrected chi connectivity index (χ2v) is 4.80. The molecule has 2 atom stereocenters. The van der Waals surface area contributed by atoms with Crippen molar-refractivity contribution >= 4 is 0 Å². The Bertz CT molecular complexity index is 499. The first kappa shape index (κ1) is 12.7. The van der Waals surface area contributed by atoms with Gasteiger partial charge in [0.1, 0.15) is 0 Å². The molecule has 0 radical (unpaired) electrons. The van der Waals surface area contributed by atoms with Gasteiger partial charge in [-0.05, 0) is 37.5 Å². The molecule has 18 heavy (non-hydrogen) atoms. The fourth-order valence-corrected chi connectivity index (χ4v) is 2.53. The maximum Gasteiger partial charge on any atom is 0.0937 e. The Morgan fingerprint density at radius 2 is 2.17 bits per heavy atom. The Hall–Kier alpha value is -1.74. The van der Waals surface area contributed by atoms with Crippen LogP contribution in [0.15, 0.2) is 48.7 Å². The van der Waals surface area contributed by atoms with E-state index in [0.717, 1.165) is 31.2 Å². The van der Waals surface area contributed by atoms with E-state index < -0.39 is 5.60 Å². The van der Waals surface area contributed by atoms with Crippen LogP contribution in [0.2, 0.25) is 0 Å². The highest BCUT2D eigenvalue weighted by Crippen LogP contribution is 2.38. The van der Waals surface area contributed by atoms with Crippen molar-refractivity contribution in [1.29, 1.82) is 0 Å². The monoisotopic (exact) mass is 238 g/mol. The van der Waals surface area contributed by atoms with Crippen LogP contribution in [-0.2, 0) is 0 Å². The number of rotatable bonds is 2. The zero-order valence-corrected chi connectivity index (χ0v) is 10.5. The van der Waals surface area contributed by atoms with Gasteiger partial charge in [-0.25, -0.2) is 0 Å². The molecule has 92 valence electrons. The molecule has 1 fully saturated rings. The fourth-order valence-electron chi connectivity index (χ4n) is 2.53. The molecule has 1 aromatic carbocycles. The van der Waals surface area contributed by atoms with Gasteiger partial charge in [0.05, 0.1) is 5.60 Å². The number of hydrogen-bond donors (Lipinski definition) is 1. The maximum absolute atomic E-state index is 10.4. The summed E-state index contributed by atoms with van der Waals surface area (Å²) < 4.78 is 0. The third-order valence-electron chi connectivity index (χ3n) is 3.54. The normalized spacial score (nSPS) is 25.9. The van der Waals surface area contributed by atoms with Gasteiger partial charge >= 0.3 is 0 Å². The minimum absolute atomic E-state index is 0.211. The van der Waals surface area contributed by atoms with Crippen LogP contribution in [0.3, 0.4) is 0 Å². The highest BCUT2D eigenvalue weighted by Gasteiger charge is 2.38. The third kappa shape index (κ3) is 2.93. The van der Waals surface area contributed by atoms with Crippen molar-refractivity contribution < 1.29 is 5.11 Å². The van der Waals surface area contributed by atoms with Crippen LogP contribution in [0.5, 0.6) is 0 Å². The SMILES string of the molecule is C=C=C[C@@]1(O)CCC[C@@H]1CC#Cc1ccccc1. The lowest BCUT2D eigenvalue weighted by Crippen LogP contribution is -2.29. The highest BCUT2D eigenvalue weighted by molar-refractivity contribution is 5.33. The Balaban J connectivity index is 2.03. The molecule has 0 heterocycles. The Morgan fingerprint density at radius 1 is 1.39 bits per heavy atom. The van der Waals surface area contributed by atoms with Crippen molar-refractivity contribution in [3.8, 4) is 11.8 Å². The molecule has 0 amide bonds. The molecule has 0 unspecified atom stereocenters. The second-order valence-electron chi connectivity index (χ2n) is 4.80. The van der Waals surface area contributed by atoms with E-state index in [1.807, 2.05) is 30.3 Å². The van der Waals surface area contributed by atoms with Gasteiger partial charge in [0, 0.05) is 17.9 Å². The largest absolute Gasteiger partial charge is 0.385 e. The fraction of sp³-hybridized carbons (Fsp3) is 0.353. The van der Waals surface area contributed by atoms with E-state index in [1.165, 1.54) is 0 Å². The zero-order chi connectivity index (χ0) is 12.8. The van der Waals surface area contributed by atoms with E-state index in [-0.39, 0.29) is 5.92 Å². The Labute approximate surface area is 109 Å². The first-order valence-electron chi connectivity index (χ1n) is 6.38. The van der Waals surface area contributed by atoms with E-state index in [9.17, 15) is 5.11 Å². The van der Waals surface area contributed by atoms with Crippen LogP contribution in [-0.4, -0.2) is 10.7 Å². The van der Waals surface area contributed by atoms with E-state index in [2.05, 4.69) is 24.2 Å². The van der Waals surface area contributed by atoms with Gasteiger partial charge in [0.2, 0.25) is 0 Å². The molecule has 1 N–H and O–H groups in total. The van der Waals surface area contributed by atoms with Crippen molar-refractivity contribution in [1.82, 2.24) is 0 Å². The molecule has 0 spiro atoms. The van der Waals surface area contributed by atoms with Gasteiger partial charge in [-0.2, -0.15) is 0 Å². The molecule has 0 aromatic heterocycles. The average Bonchev–Trinajstić information content (AvgIpc) is 2.73. The quantitative estimate of drug-likeness (QED) is 0.619. The van der Waals surface area contributed by atoms with Crippen molar-refractivity contribution in [2.75, 3.05) is 0 Å².